The van der Waals surface area contributed by atoms with Crippen molar-refractivity contribution in [2.75, 3.05) is 0 Å². The first kappa shape index (κ1) is 9.29. The highest BCUT2D eigenvalue weighted by molar-refractivity contribution is 7.99. The minimum Gasteiger partial charge on any atom is -0.207 e. The molecule has 0 saturated heterocycles. The molecule has 11 heavy (non-hydrogen) atoms. The molecule has 0 fully saturated rings. The second-order valence-corrected chi connectivity index (χ2v) is 5.22. The van der Waals surface area contributed by atoms with Crippen molar-refractivity contribution < 1.29 is 0 Å². The quantitative estimate of drug-likeness (QED) is 0.764. The predicted octanol–water partition coefficient (Wildman–Crippen LogP) is 2.83. The van der Waals surface area contributed by atoms with Crippen molar-refractivity contribution >= 4 is 34.9 Å². The first-order chi connectivity index (χ1) is 5.18. The smallest absolute Gasteiger partial charge is 0.203 e. The van der Waals surface area contributed by atoms with Crippen LogP contribution < -0.4 is 0 Å². The van der Waals surface area contributed by atoms with Crippen molar-refractivity contribution in [3.8, 4) is 0 Å². The third-order valence-electron chi connectivity index (χ3n) is 0.989. The fourth-order valence-electron chi connectivity index (χ4n) is 0.532. The lowest BCUT2D eigenvalue weighted by Crippen LogP contribution is -1.90. The van der Waals surface area contributed by atoms with Gasteiger partial charge in [0.25, 0.3) is 0 Å². The Bertz CT molecular complexity index is 224. The van der Waals surface area contributed by atoms with Gasteiger partial charge >= 0.3 is 0 Å². The minimum absolute atomic E-state index is 0.532. The van der Waals surface area contributed by atoms with Gasteiger partial charge in [-0.25, -0.2) is 4.98 Å². The Morgan fingerprint density at radius 3 is 2.82 bits per heavy atom. The Kier molecular flexibility index (Phi) is 3.62. The van der Waals surface area contributed by atoms with E-state index in [0.29, 0.717) is 9.72 Å². The predicted molar refractivity (Wildman–Crippen MR) is 51.4 cm³/mol. The highest BCUT2D eigenvalue weighted by atomic mass is 35.5. The van der Waals surface area contributed by atoms with Crippen LogP contribution in [-0.2, 0) is 5.75 Å². The van der Waals surface area contributed by atoms with E-state index in [1.165, 1.54) is 11.5 Å². The third kappa shape index (κ3) is 3.40. The Morgan fingerprint density at radius 2 is 2.36 bits per heavy atom. The van der Waals surface area contributed by atoms with Crippen LogP contribution in [0.25, 0.3) is 0 Å². The summed E-state index contributed by atoms with van der Waals surface area (Å²) in [6, 6.07) is 0. The fourth-order valence-corrected chi connectivity index (χ4v) is 1.86. The summed E-state index contributed by atoms with van der Waals surface area (Å²) in [6.07, 6.45) is 0. The van der Waals surface area contributed by atoms with Crippen LogP contribution in [-0.4, -0.2) is 14.6 Å². The zero-order valence-electron chi connectivity index (χ0n) is 6.37. The first-order valence-electron chi connectivity index (χ1n) is 3.28. The third-order valence-corrected chi connectivity index (χ3v) is 2.92. The van der Waals surface area contributed by atoms with Crippen molar-refractivity contribution in [2.24, 2.45) is 0 Å². The van der Waals surface area contributed by atoms with Gasteiger partial charge in [-0.3, -0.25) is 0 Å². The summed E-state index contributed by atoms with van der Waals surface area (Å²) in [6.45, 7) is 4.30. The van der Waals surface area contributed by atoms with E-state index >= 15 is 0 Å². The Balaban J connectivity index is 2.39. The highest BCUT2D eigenvalue weighted by Gasteiger charge is 2.02. The van der Waals surface area contributed by atoms with E-state index in [1.807, 2.05) is 11.8 Å². The van der Waals surface area contributed by atoms with E-state index in [9.17, 15) is 0 Å². The maximum absolute atomic E-state index is 5.61. The van der Waals surface area contributed by atoms with Gasteiger partial charge < -0.3 is 0 Å². The number of nitrogens with zero attached hydrogens (tertiary/aromatic N) is 2. The average Bonchev–Trinajstić information content (AvgIpc) is 2.31. The minimum atomic E-state index is 0.532. The van der Waals surface area contributed by atoms with Crippen LogP contribution in [0.5, 0.6) is 0 Å². The molecule has 0 aliphatic rings. The summed E-state index contributed by atoms with van der Waals surface area (Å²) in [7, 11) is 0. The molecule has 62 valence electrons. The summed E-state index contributed by atoms with van der Waals surface area (Å²) in [5.41, 5.74) is 0. The lowest BCUT2D eigenvalue weighted by Gasteiger charge is -1.99. The van der Waals surface area contributed by atoms with E-state index in [0.717, 1.165) is 11.6 Å². The second kappa shape index (κ2) is 4.28. The zero-order valence-corrected chi connectivity index (χ0v) is 8.76. The molecule has 1 rings (SSSR count). The van der Waals surface area contributed by atoms with Gasteiger partial charge in [0.05, 0.1) is 5.75 Å². The lowest BCUT2D eigenvalue weighted by atomic mass is 10.6. The number of hydrogen-bond acceptors (Lipinski definition) is 4. The molecule has 0 N–H and O–H groups in total. The van der Waals surface area contributed by atoms with Crippen LogP contribution in [0.2, 0.25) is 4.47 Å². The number of thioether (sulfide) groups is 1. The maximum Gasteiger partial charge on any atom is 0.203 e. The van der Waals surface area contributed by atoms with Gasteiger partial charge in [-0.2, -0.15) is 16.1 Å². The molecule has 2 nitrogen and oxygen atoms in total. The van der Waals surface area contributed by atoms with Gasteiger partial charge in [-0.1, -0.05) is 13.8 Å². The van der Waals surface area contributed by atoms with Crippen LogP contribution in [0.15, 0.2) is 0 Å². The SMILES string of the molecule is CC(C)SCc1nsc(Cl)n1. The van der Waals surface area contributed by atoms with Crippen molar-refractivity contribution in [3.63, 3.8) is 0 Å². The molecule has 0 atom stereocenters. The van der Waals surface area contributed by atoms with Gasteiger partial charge in [-0.15, -0.1) is 0 Å². The molecule has 0 saturated carbocycles. The monoisotopic (exact) mass is 208 g/mol. The number of rotatable bonds is 3. The highest BCUT2D eigenvalue weighted by Crippen LogP contribution is 2.18. The van der Waals surface area contributed by atoms with Gasteiger partial charge in [0.2, 0.25) is 4.47 Å². The van der Waals surface area contributed by atoms with Crippen LogP contribution in [0.3, 0.4) is 0 Å². The van der Waals surface area contributed by atoms with Gasteiger partial charge in [0, 0.05) is 0 Å². The largest absolute Gasteiger partial charge is 0.207 e. The molecule has 0 spiro atoms. The summed E-state index contributed by atoms with van der Waals surface area (Å²) in [5, 5.41) is 0.622. The standard InChI is InChI=1S/C6H9ClN2S2/c1-4(2)10-3-5-8-6(7)11-9-5/h4H,3H2,1-2H3. The van der Waals surface area contributed by atoms with Crippen LogP contribution in [0.1, 0.15) is 19.7 Å². The molecule has 0 amide bonds. The van der Waals surface area contributed by atoms with E-state index in [1.54, 1.807) is 0 Å². The molecule has 5 heteroatoms. The van der Waals surface area contributed by atoms with E-state index in [4.69, 9.17) is 11.6 Å². The summed E-state index contributed by atoms with van der Waals surface area (Å²) >= 11 is 8.68. The Morgan fingerprint density at radius 1 is 1.64 bits per heavy atom. The van der Waals surface area contributed by atoms with Crippen LogP contribution in [0, 0.1) is 0 Å². The summed E-state index contributed by atoms with van der Waals surface area (Å²) in [4.78, 5) is 4.03. The van der Waals surface area contributed by atoms with Crippen molar-refractivity contribution in [1.82, 2.24) is 9.36 Å². The number of aromatic nitrogens is 2. The average molecular weight is 209 g/mol. The van der Waals surface area contributed by atoms with Crippen molar-refractivity contribution in [3.05, 3.63) is 10.3 Å². The molecule has 0 aliphatic carbocycles. The molecule has 0 bridgehead atoms. The first-order valence-corrected chi connectivity index (χ1v) is 5.48. The van der Waals surface area contributed by atoms with Crippen molar-refractivity contribution in [2.45, 2.75) is 24.9 Å². The molecule has 1 aromatic rings. The zero-order chi connectivity index (χ0) is 8.27. The Hall–Kier alpha value is 0.200. The Labute approximate surface area is 79.5 Å². The van der Waals surface area contributed by atoms with E-state index in [-0.39, 0.29) is 0 Å². The molecule has 0 aromatic carbocycles. The fraction of sp³-hybridized carbons (Fsp3) is 0.667. The molecule has 0 aliphatic heterocycles. The lowest BCUT2D eigenvalue weighted by molar-refractivity contribution is 1.08. The van der Waals surface area contributed by atoms with E-state index in [2.05, 4.69) is 23.2 Å². The molecule has 0 radical (unpaired) electrons. The van der Waals surface area contributed by atoms with Crippen LogP contribution >= 0.6 is 34.9 Å². The molecule has 0 unspecified atom stereocenters. The van der Waals surface area contributed by atoms with Crippen molar-refractivity contribution in [1.29, 1.82) is 0 Å². The van der Waals surface area contributed by atoms with E-state index < -0.39 is 0 Å². The van der Waals surface area contributed by atoms with Gasteiger partial charge in [0.1, 0.15) is 0 Å². The summed E-state index contributed by atoms with van der Waals surface area (Å²) < 4.78 is 4.60. The molecular formula is C6H9ClN2S2. The molecule has 1 heterocycles. The second-order valence-electron chi connectivity index (χ2n) is 2.32. The topological polar surface area (TPSA) is 25.8 Å². The molecule has 1 aromatic heterocycles. The summed E-state index contributed by atoms with van der Waals surface area (Å²) in [5.74, 6) is 1.71. The number of halogens is 1. The number of hydrogen-bond donors (Lipinski definition) is 0. The molecular weight excluding hydrogens is 200 g/mol. The van der Waals surface area contributed by atoms with Gasteiger partial charge in [-0.05, 0) is 28.4 Å². The normalized spacial score (nSPS) is 10.9. The van der Waals surface area contributed by atoms with Crippen LogP contribution in [0.4, 0.5) is 0 Å². The van der Waals surface area contributed by atoms with Gasteiger partial charge in [0.15, 0.2) is 5.82 Å². The maximum atomic E-state index is 5.61.